The van der Waals surface area contributed by atoms with E-state index in [1.165, 1.54) is 14.2 Å². The van der Waals surface area contributed by atoms with Crippen LogP contribution in [-0.2, 0) is 9.53 Å². The van der Waals surface area contributed by atoms with Crippen LogP contribution in [0.1, 0.15) is 13.8 Å². The maximum atomic E-state index is 12.4. The summed E-state index contributed by atoms with van der Waals surface area (Å²) in [6, 6.07) is 3.48. The molecule has 1 aliphatic heterocycles. The fourth-order valence-electron chi connectivity index (χ4n) is 2.52. The molecule has 0 saturated carbocycles. The molecule has 23 heavy (non-hydrogen) atoms. The smallest absolute Gasteiger partial charge is 0.238 e. The number of benzene rings is 1. The first-order valence-corrected chi connectivity index (χ1v) is 7.89. The third-order valence-electron chi connectivity index (χ3n) is 3.83. The fraction of sp³-hybridized carbons (Fsp3) is 0.562. The maximum absolute atomic E-state index is 12.4. The van der Waals surface area contributed by atoms with Crippen molar-refractivity contribution in [3.8, 4) is 11.5 Å². The number of ether oxygens (including phenoxy) is 3. The minimum atomic E-state index is -0.117. The normalized spacial score (nSPS) is 21.8. The van der Waals surface area contributed by atoms with Gasteiger partial charge in [0.15, 0.2) is 0 Å². The van der Waals surface area contributed by atoms with E-state index >= 15 is 0 Å². The van der Waals surface area contributed by atoms with Crippen molar-refractivity contribution < 1.29 is 19.0 Å². The van der Waals surface area contributed by atoms with E-state index in [9.17, 15) is 4.79 Å². The predicted octanol–water partition coefficient (Wildman–Crippen LogP) is 2.40. The zero-order chi connectivity index (χ0) is 17.0. The Balaban J connectivity index is 2.07. The van der Waals surface area contributed by atoms with Crippen LogP contribution in [0.3, 0.4) is 0 Å². The lowest BCUT2D eigenvalue weighted by Gasteiger charge is -2.36. The van der Waals surface area contributed by atoms with E-state index in [0.29, 0.717) is 35.4 Å². The van der Waals surface area contributed by atoms with Crippen molar-refractivity contribution in [2.24, 2.45) is 0 Å². The van der Waals surface area contributed by atoms with Gasteiger partial charge >= 0.3 is 0 Å². The van der Waals surface area contributed by atoms with Gasteiger partial charge in [-0.2, -0.15) is 0 Å². The highest BCUT2D eigenvalue weighted by atomic mass is 35.5. The molecular weight excluding hydrogens is 320 g/mol. The summed E-state index contributed by atoms with van der Waals surface area (Å²) in [6.45, 7) is 5.71. The summed E-state index contributed by atoms with van der Waals surface area (Å²) < 4.78 is 16.0. The summed E-state index contributed by atoms with van der Waals surface area (Å²) in [5.41, 5.74) is 0.535. The Morgan fingerprint density at radius 1 is 1.35 bits per heavy atom. The molecule has 1 aromatic carbocycles. The molecule has 2 unspecified atom stereocenters. The van der Waals surface area contributed by atoms with Gasteiger partial charge < -0.3 is 19.5 Å². The van der Waals surface area contributed by atoms with Gasteiger partial charge in [0.25, 0.3) is 0 Å². The Hall–Kier alpha value is -1.50. The first kappa shape index (κ1) is 17.8. The molecule has 0 bridgehead atoms. The zero-order valence-electron chi connectivity index (χ0n) is 13.9. The van der Waals surface area contributed by atoms with Crippen LogP contribution in [0.5, 0.6) is 11.5 Å². The topological polar surface area (TPSA) is 60.0 Å². The molecule has 1 aromatic rings. The number of methoxy groups -OCH3 is 2. The van der Waals surface area contributed by atoms with E-state index in [4.69, 9.17) is 25.8 Å². The first-order valence-electron chi connectivity index (χ1n) is 7.51. The number of morpholine rings is 1. The van der Waals surface area contributed by atoms with Gasteiger partial charge in [0.2, 0.25) is 5.91 Å². The highest BCUT2D eigenvalue weighted by Gasteiger charge is 2.25. The predicted molar refractivity (Wildman–Crippen MR) is 89.6 cm³/mol. The number of hydrogen-bond donors (Lipinski definition) is 1. The molecule has 0 aliphatic carbocycles. The molecule has 6 nitrogen and oxygen atoms in total. The molecule has 0 radical (unpaired) electrons. The minimum absolute atomic E-state index is 0.117. The fourth-order valence-corrected chi connectivity index (χ4v) is 2.76. The molecular formula is C16H23ClN2O4. The summed E-state index contributed by atoms with van der Waals surface area (Å²) in [5, 5.41) is 3.29. The van der Waals surface area contributed by atoms with E-state index < -0.39 is 0 Å². The van der Waals surface area contributed by atoms with Gasteiger partial charge in [0.05, 0.1) is 44.2 Å². The van der Waals surface area contributed by atoms with Gasteiger partial charge in [0, 0.05) is 24.7 Å². The maximum Gasteiger partial charge on any atom is 0.238 e. The Morgan fingerprint density at radius 2 is 2.04 bits per heavy atom. The van der Waals surface area contributed by atoms with E-state index in [0.717, 1.165) is 6.54 Å². The molecule has 7 heteroatoms. The third-order valence-corrected chi connectivity index (χ3v) is 4.13. The van der Waals surface area contributed by atoms with Gasteiger partial charge in [-0.25, -0.2) is 0 Å². The Bertz CT molecular complexity index is 567. The lowest BCUT2D eigenvalue weighted by Crippen LogP contribution is -2.50. The van der Waals surface area contributed by atoms with Gasteiger partial charge in [-0.05, 0) is 13.8 Å². The molecule has 1 amide bonds. The van der Waals surface area contributed by atoms with Crippen LogP contribution in [0.15, 0.2) is 12.1 Å². The van der Waals surface area contributed by atoms with Crippen molar-refractivity contribution >= 4 is 23.2 Å². The SMILES string of the molecule is COc1cc(NC(=O)CN2CC(C)OCC2C)c(OC)cc1Cl. The van der Waals surface area contributed by atoms with Crippen molar-refractivity contribution in [3.05, 3.63) is 17.2 Å². The largest absolute Gasteiger partial charge is 0.495 e. The highest BCUT2D eigenvalue weighted by molar-refractivity contribution is 6.32. The molecule has 128 valence electrons. The number of nitrogens with one attached hydrogen (secondary N) is 1. The van der Waals surface area contributed by atoms with E-state index in [1.807, 2.05) is 13.8 Å². The van der Waals surface area contributed by atoms with Crippen molar-refractivity contribution in [2.45, 2.75) is 26.0 Å². The number of amides is 1. The van der Waals surface area contributed by atoms with Crippen molar-refractivity contribution in [1.82, 2.24) is 4.90 Å². The molecule has 1 N–H and O–H groups in total. The molecule has 0 spiro atoms. The quantitative estimate of drug-likeness (QED) is 0.890. The van der Waals surface area contributed by atoms with Crippen LogP contribution < -0.4 is 14.8 Å². The Kier molecular flexibility index (Phi) is 6.10. The first-order chi connectivity index (χ1) is 10.9. The van der Waals surface area contributed by atoms with Crippen LogP contribution in [0.4, 0.5) is 5.69 Å². The van der Waals surface area contributed by atoms with Gasteiger partial charge in [-0.3, -0.25) is 9.69 Å². The second-order valence-corrected chi connectivity index (χ2v) is 6.06. The molecule has 2 rings (SSSR count). The lowest BCUT2D eigenvalue weighted by molar-refractivity contribution is -0.121. The third kappa shape index (κ3) is 4.50. The Morgan fingerprint density at radius 3 is 2.70 bits per heavy atom. The summed E-state index contributed by atoms with van der Waals surface area (Å²) in [6.07, 6.45) is 0.129. The highest BCUT2D eigenvalue weighted by Crippen LogP contribution is 2.35. The van der Waals surface area contributed by atoms with Crippen LogP contribution in [0.2, 0.25) is 5.02 Å². The molecule has 2 atom stereocenters. The summed E-state index contributed by atoms with van der Waals surface area (Å²) in [5.74, 6) is 0.859. The Labute approximate surface area is 141 Å². The van der Waals surface area contributed by atoms with Crippen LogP contribution in [0, 0.1) is 0 Å². The number of anilines is 1. The molecule has 1 heterocycles. The standard InChI is InChI=1S/C16H23ClN2O4/c1-10-9-23-11(2)7-19(10)8-16(20)18-13-6-14(21-3)12(17)5-15(13)22-4/h5-6,10-11H,7-9H2,1-4H3,(H,18,20). The summed E-state index contributed by atoms with van der Waals surface area (Å²) >= 11 is 6.07. The van der Waals surface area contributed by atoms with Gasteiger partial charge in [-0.15, -0.1) is 0 Å². The monoisotopic (exact) mass is 342 g/mol. The second-order valence-electron chi connectivity index (χ2n) is 5.66. The van der Waals surface area contributed by atoms with Crippen molar-refractivity contribution in [3.63, 3.8) is 0 Å². The molecule has 1 fully saturated rings. The summed E-state index contributed by atoms with van der Waals surface area (Å²) in [7, 11) is 3.05. The minimum Gasteiger partial charge on any atom is -0.495 e. The van der Waals surface area contributed by atoms with Crippen LogP contribution in [-0.4, -0.2) is 56.9 Å². The lowest BCUT2D eigenvalue weighted by atomic mass is 10.2. The molecule has 1 saturated heterocycles. The number of carbonyl (C=O) groups is 1. The average molecular weight is 343 g/mol. The van der Waals surface area contributed by atoms with Crippen molar-refractivity contribution in [2.75, 3.05) is 39.2 Å². The summed E-state index contributed by atoms with van der Waals surface area (Å²) in [4.78, 5) is 14.5. The van der Waals surface area contributed by atoms with E-state index in [1.54, 1.807) is 12.1 Å². The van der Waals surface area contributed by atoms with Gasteiger partial charge in [0.1, 0.15) is 11.5 Å². The second kappa shape index (κ2) is 7.86. The van der Waals surface area contributed by atoms with E-state index in [-0.39, 0.29) is 18.1 Å². The van der Waals surface area contributed by atoms with E-state index in [2.05, 4.69) is 10.2 Å². The number of halogens is 1. The average Bonchev–Trinajstić information content (AvgIpc) is 2.52. The number of nitrogens with zero attached hydrogens (tertiary/aromatic N) is 1. The van der Waals surface area contributed by atoms with Crippen LogP contribution >= 0.6 is 11.6 Å². The number of rotatable bonds is 5. The molecule has 0 aromatic heterocycles. The van der Waals surface area contributed by atoms with Gasteiger partial charge in [-0.1, -0.05) is 11.6 Å². The number of hydrogen-bond acceptors (Lipinski definition) is 5. The molecule has 1 aliphatic rings. The number of carbonyl (C=O) groups excluding carboxylic acids is 1. The van der Waals surface area contributed by atoms with Crippen LogP contribution in [0.25, 0.3) is 0 Å². The van der Waals surface area contributed by atoms with Crippen molar-refractivity contribution in [1.29, 1.82) is 0 Å². The zero-order valence-corrected chi connectivity index (χ0v) is 14.6.